The summed E-state index contributed by atoms with van der Waals surface area (Å²) in [5.74, 6) is -0.127. The van der Waals surface area contributed by atoms with Gasteiger partial charge in [-0.1, -0.05) is 6.07 Å². The summed E-state index contributed by atoms with van der Waals surface area (Å²) < 4.78 is 0. The van der Waals surface area contributed by atoms with Crippen molar-refractivity contribution in [3.05, 3.63) is 29.6 Å². The minimum absolute atomic E-state index is 0.127. The molecule has 0 aliphatic carbocycles. The first-order valence-electron chi connectivity index (χ1n) is 5.83. The third-order valence-electron chi connectivity index (χ3n) is 2.88. The lowest BCUT2D eigenvalue weighted by atomic mass is 10.3. The molecule has 0 bridgehead atoms. The average Bonchev–Trinajstić information content (AvgIpc) is 2.32. The molecular formula is C12H18N4O. The third-order valence-corrected chi connectivity index (χ3v) is 2.88. The molecule has 0 atom stereocenters. The van der Waals surface area contributed by atoms with Crippen LogP contribution in [0.25, 0.3) is 0 Å². The normalized spacial score (nSPS) is 18.0. The van der Waals surface area contributed by atoms with Gasteiger partial charge in [0.05, 0.1) is 0 Å². The number of hydrogen-bond donors (Lipinski definition) is 1. The van der Waals surface area contributed by atoms with Crippen molar-refractivity contribution < 1.29 is 4.79 Å². The highest BCUT2D eigenvalue weighted by Crippen LogP contribution is 2.00. The molecule has 0 unspecified atom stereocenters. The van der Waals surface area contributed by atoms with Crippen LogP contribution in [-0.4, -0.2) is 54.0 Å². The number of hydrazine groups is 1. The van der Waals surface area contributed by atoms with Crippen LogP contribution in [0.4, 0.5) is 0 Å². The molecule has 1 aliphatic rings. The van der Waals surface area contributed by atoms with Crippen LogP contribution in [0.15, 0.2) is 18.2 Å². The summed E-state index contributed by atoms with van der Waals surface area (Å²) in [5, 5.41) is 1.95. The Morgan fingerprint density at radius 2 is 2.00 bits per heavy atom. The van der Waals surface area contributed by atoms with Crippen LogP contribution in [0.1, 0.15) is 16.2 Å². The van der Waals surface area contributed by atoms with Crippen molar-refractivity contribution >= 4 is 5.91 Å². The monoisotopic (exact) mass is 234 g/mol. The Morgan fingerprint density at radius 3 is 2.65 bits per heavy atom. The number of amides is 1. The van der Waals surface area contributed by atoms with Gasteiger partial charge in [0.2, 0.25) is 0 Å². The quantitative estimate of drug-likeness (QED) is 0.798. The number of nitrogens with zero attached hydrogens (tertiary/aromatic N) is 3. The van der Waals surface area contributed by atoms with Crippen LogP contribution in [0.2, 0.25) is 0 Å². The van der Waals surface area contributed by atoms with Gasteiger partial charge in [0, 0.05) is 31.9 Å². The Bertz CT molecular complexity index is 399. The molecule has 0 radical (unpaired) electrons. The highest BCUT2D eigenvalue weighted by molar-refractivity contribution is 5.91. The first-order chi connectivity index (χ1) is 8.15. The molecule has 5 nitrogen and oxygen atoms in total. The lowest BCUT2D eigenvalue weighted by molar-refractivity contribution is 0.0657. The van der Waals surface area contributed by atoms with Gasteiger partial charge in [0.25, 0.3) is 5.91 Å². The molecule has 0 spiro atoms. The molecule has 5 heteroatoms. The van der Waals surface area contributed by atoms with Gasteiger partial charge in [-0.2, -0.15) is 0 Å². The van der Waals surface area contributed by atoms with Crippen molar-refractivity contribution in [3.8, 4) is 0 Å². The summed E-state index contributed by atoms with van der Waals surface area (Å²) in [6.45, 7) is 5.54. The zero-order valence-electron chi connectivity index (χ0n) is 10.3. The Morgan fingerprint density at radius 1 is 1.29 bits per heavy atom. The second-order valence-corrected chi connectivity index (χ2v) is 4.40. The molecule has 1 aromatic heterocycles. The number of carbonyl (C=O) groups excluding carboxylic acids is 1. The van der Waals surface area contributed by atoms with Crippen LogP contribution >= 0.6 is 0 Å². The van der Waals surface area contributed by atoms with E-state index in [1.165, 1.54) is 0 Å². The van der Waals surface area contributed by atoms with Crippen molar-refractivity contribution in [2.75, 3.05) is 33.2 Å². The zero-order valence-corrected chi connectivity index (χ0v) is 10.3. The van der Waals surface area contributed by atoms with E-state index in [4.69, 9.17) is 0 Å². The fourth-order valence-corrected chi connectivity index (χ4v) is 1.79. The standard InChI is InChI=1S/C12H18N4O/c1-10-4-3-5-11(13-10)12(17)14-16-8-6-15(2)7-9-16/h3-5H,6-9H2,1-2H3,(H,14,17). The zero-order chi connectivity index (χ0) is 12.3. The Hall–Kier alpha value is -1.46. The molecule has 2 rings (SSSR count). The van der Waals surface area contributed by atoms with Gasteiger partial charge in [0.15, 0.2) is 0 Å². The van der Waals surface area contributed by atoms with E-state index in [1.807, 2.05) is 24.1 Å². The molecule has 0 saturated carbocycles. The highest BCUT2D eigenvalue weighted by Gasteiger charge is 2.16. The van der Waals surface area contributed by atoms with Gasteiger partial charge in [-0.05, 0) is 26.1 Å². The fraction of sp³-hybridized carbons (Fsp3) is 0.500. The van der Waals surface area contributed by atoms with Gasteiger partial charge in [-0.3, -0.25) is 10.2 Å². The van der Waals surface area contributed by atoms with E-state index >= 15 is 0 Å². The van der Waals surface area contributed by atoms with Crippen molar-refractivity contribution in [2.45, 2.75) is 6.92 Å². The maximum Gasteiger partial charge on any atom is 0.284 e. The maximum absolute atomic E-state index is 11.9. The molecule has 92 valence electrons. The number of hydrogen-bond acceptors (Lipinski definition) is 4. The van der Waals surface area contributed by atoms with Gasteiger partial charge >= 0.3 is 0 Å². The molecule has 0 aromatic carbocycles. The van der Waals surface area contributed by atoms with Crippen LogP contribution in [0.5, 0.6) is 0 Å². The van der Waals surface area contributed by atoms with Crippen LogP contribution in [-0.2, 0) is 0 Å². The molecule has 1 fully saturated rings. The minimum atomic E-state index is -0.127. The van der Waals surface area contributed by atoms with Gasteiger partial charge in [-0.25, -0.2) is 9.99 Å². The minimum Gasteiger partial charge on any atom is -0.304 e. The second kappa shape index (κ2) is 5.25. The lowest BCUT2D eigenvalue weighted by Gasteiger charge is -2.32. The summed E-state index contributed by atoms with van der Waals surface area (Å²) in [7, 11) is 2.08. The average molecular weight is 234 g/mol. The van der Waals surface area contributed by atoms with E-state index in [-0.39, 0.29) is 5.91 Å². The SMILES string of the molecule is Cc1cccc(C(=O)NN2CCN(C)CC2)n1. The highest BCUT2D eigenvalue weighted by atomic mass is 16.2. The summed E-state index contributed by atoms with van der Waals surface area (Å²) in [6, 6.07) is 5.46. The number of carbonyl (C=O) groups is 1. The number of likely N-dealkylation sites (N-methyl/N-ethyl adjacent to an activating group) is 1. The number of nitrogens with one attached hydrogen (secondary N) is 1. The Labute approximate surface area is 101 Å². The predicted octanol–water partition coefficient (Wildman–Crippen LogP) is 0.282. The number of pyridine rings is 1. The van der Waals surface area contributed by atoms with Crippen LogP contribution in [0.3, 0.4) is 0 Å². The first kappa shape index (κ1) is 12.0. The molecule has 1 amide bonds. The van der Waals surface area contributed by atoms with Crippen molar-refractivity contribution in [2.24, 2.45) is 0 Å². The van der Waals surface area contributed by atoms with Crippen LogP contribution < -0.4 is 5.43 Å². The van der Waals surface area contributed by atoms with E-state index in [1.54, 1.807) is 6.07 Å². The first-order valence-corrected chi connectivity index (χ1v) is 5.83. The molecule has 1 aliphatic heterocycles. The molecule has 17 heavy (non-hydrogen) atoms. The van der Waals surface area contributed by atoms with E-state index in [0.29, 0.717) is 5.69 Å². The summed E-state index contributed by atoms with van der Waals surface area (Å²) in [6.07, 6.45) is 0. The van der Waals surface area contributed by atoms with Gasteiger partial charge < -0.3 is 4.90 Å². The number of aryl methyl sites for hydroxylation is 1. The van der Waals surface area contributed by atoms with Crippen molar-refractivity contribution in [1.82, 2.24) is 20.3 Å². The summed E-state index contributed by atoms with van der Waals surface area (Å²) in [4.78, 5) is 18.4. The topological polar surface area (TPSA) is 48.5 Å². The number of aromatic nitrogens is 1. The Kier molecular flexibility index (Phi) is 3.71. The van der Waals surface area contributed by atoms with Crippen molar-refractivity contribution in [1.29, 1.82) is 0 Å². The van der Waals surface area contributed by atoms with Gasteiger partial charge in [-0.15, -0.1) is 0 Å². The number of rotatable bonds is 2. The summed E-state index contributed by atoms with van der Waals surface area (Å²) in [5.41, 5.74) is 4.22. The molecule has 1 saturated heterocycles. The largest absolute Gasteiger partial charge is 0.304 e. The van der Waals surface area contributed by atoms with E-state index in [9.17, 15) is 4.79 Å². The maximum atomic E-state index is 11.9. The van der Waals surface area contributed by atoms with E-state index < -0.39 is 0 Å². The molecular weight excluding hydrogens is 216 g/mol. The fourth-order valence-electron chi connectivity index (χ4n) is 1.79. The summed E-state index contributed by atoms with van der Waals surface area (Å²) >= 11 is 0. The lowest BCUT2D eigenvalue weighted by Crippen LogP contribution is -2.52. The molecule has 2 heterocycles. The van der Waals surface area contributed by atoms with E-state index in [0.717, 1.165) is 31.9 Å². The second-order valence-electron chi connectivity index (χ2n) is 4.40. The Balaban J connectivity index is 1.93. The smallest absolute Gasteiger partial charge is 0.284 e. The molecule has 1 N–H and O–H groups in total. The van der Waals surface area contributed by atoms with E-state index in [2.05, 4.69) is 22.4 Å². The van der Waals surface area contributed by atoms with Gasteiger partial charge in [0.1, 0.15) is 5.69 Å². The third kappa shape index (κ3) is 3.25. The predicted molar refractivity (Wildman–Crippen MR) is 65.5 cm³/mol. The number of piperazine rings is 1. The van der Waals surface area contributed by atoms with Crippen LogP contribution in [0, 0.1) is 6.92 Å². The molecule has 1 aromatic rings. The van der Waals surface area contributed by atoms with Crippen molar-refractivity contribution in [3.63, 3.8) is 0 Å².